The van der Waals surface area contributed by atoms with Crippen LogP contribution in [0.3, 0.4) is 0 Å². The number of esters is 1. The average Bonchev–Trinajstić information content (AvgIpc) is 2.72. The second-order valence-corrected chi connectivity index (χ2v) is 9.05. The molecule has 0 aliphatic rings. The minimum Gasteiger partial charge on any atom is -0.491 e. The fourth-order valence-corrected chi connectivity index (χ4v) is 3.38. The largest absolute Gasteiger partial charge is 0.491 e. The fraction of sp³-hybridized carbons (Fsp3) is 0.500. The summed E-state index contributed by atoms with van der Waals surface area (Å²) >= 11 is 0. The third-order valence-electron chi connectivity index (χ3n) is 5.72. The number of aliphatic hydroxyl groups is 1. The number of carbonyl (C=O) groups excluding carboxylic acids is 1. The summed E-state index contributed by atoms with van der Waals surface area (Å²) in [6, 6.07) is 14.0. The first-order chi connectivity index (χ1) is 14.2. The van der Waals surface area contributed by atoms with Gasteiger partial charge in [-0.2, -0.15) is 0 Å². The van der Waals surface area contributed by atoms with Crippen LogP contribution in [-0.4, -0.2) is 30.9 Å². The van der Waals surface area contributed by atoms with Crippen molar-refractivity contribution < 1.29 is 19.4 Å². The molecule has 0 heterocycles. The van der Waals surface area contributed by atoms with E-state index in [1.165, 1.54) is 18.2 Å². The molecule has 2 atom stereocenters. The maximum atomic E-state index is 11.6. The van der Waals surface area contributed by atoms with Crippen LogP contribution < -0.4 is 4.74 Å². The lowest BCUT2D eigenvalue weighted by molar-refractivity contribution is 0.0216. The number of carbonyl (C=O) groups is 1. The third kappa shape index (κ3) is 6.60. The number of hydrogen-bond donors (Lipinski definition) is 1. The van der Waals surface area contributed by atoms with Gasteiger partial charge in [-0.05, 0) is 72.4 Å². The smallest absolute Gasteiger partial charge is 0.337 e. The Balaban J connectivity index is 1.99. The molecule has 4 nitrogen and oxygen atoms in total. The summed E-state index contributed by atoms with van der Waals surface area (Å²) in [5, 5.41) is 10.2. The molecule has 0 bridgehead atoms. The number of rotatable bonds is 9. The summed E-state index contributed by atoms with van der Waals surface area (Å²) in [6.07, 6.45) is 2.54. The van der Waals surface area contributed by atoms with Crippen LogP contribution in [0.25, 0.3) is 0 Å². The molecule has 0 saturated carbocycles. The standard InChI is InChI=1S/C26H36O4/c1-7-20(11-8-19-9-12-21(13-10-19)25(28)29-6)22-14-15-23(18(2)16-22)30-17-24(27)26(3,4)5/h9-10,12-16,20,24,27H,7-8,11,17H2,1-6H3. The van der Waals surface area contributed by atoms with E-state index in [1.54, 1.807) is 0 Å². The number of aliphatic hydroxyl groups excluding tert-OH is 1. The van der Waals surface area contributed by atoms with E-state index in [1.807, 2.05) is 51.1 Å². The molecule has 2 unspecified atom stereocenters. The Hall–Kier alpha value is -2.33. The molecule has 30 heavy (non-hydrogen) atoms. The zero-order chi connectivity index (χ0) is 22.3. The highest BCUT2D eigenvalue weighted by Gasteiger charge is 2.23. The minimum absolute atomic E-state index is 0.198. The Labute approximate surface area is 181 Å². The van der Waals surface area contributed by atoms with Crippen LogP contribution in [0, 0.1) is 12.3 Å². The van der Waals surface area contributed by atoms with E-state index < -0.39 is 6.10 Å². The van der Waals surface area contributed by atoms with Crippen LogP contribution >= 0.6 is 0 Å². The van der Waals surface area contributed by atoms with E-state index in [2.05, 4.69) is 26.0 Å². The Kier molecular flexibility index (Phi) is 8.48. The average molecular weight is 413 g/mol. The summed E-state index contributed by atoms with van der Waals surface area (Å²) in [4.78, 5) is 11.6. The van der Waals surface area contributed by atoms with Crippen LogP contribution in [0.2, 0.25) is 0 Å². The molecular formula is C26H36O4. The molecule has 0 spiro atoms. The van der Waals surface area contributed by atoms with Crippen molar-refractivity contribution in [2.24, 2.45) is 5.41 Å². The van der Waals surface area contributed by atoms with Gasteiger partial charge in [0, 0.05) is 0 Å². The fourth-order valence-electron chi connectivity index (χ4n) is 3.38. The van der Waals surface area contributed by atoms with E-state index >= 15 is 0 Å². The van der Waals surface area contributed by atoms with E-state index in [4.69, 9.17) is 9.47 Å². The lowest BCUT2D eigenvalue weighted by atomic mass is 9.89. The van der Waals surface area contributed by atoms with Crippen LogP contribution in [0.15, 0.2) is 42.5 Å². The number of ether oxygens (including phenoxy) is 2. The van der Waals surface area contributed by atoms with Crippen molar-refractivity contribution in [3.8, 4) is 5.75 Å². The number of hydrogen-bond acceptors (Lipinski definition) is 4. The molecule has 0 radical (unpaired) electrons. The Morgan fingerprint density at radius 3 is 2.30 bits per heavy atom. The molecular weight excluding hydrogens is 376 g/mol. The first kappa shape index (κ1) is 23.9. The second-order valence-electron chi connectivity index (χ2n) is 9.05. The molecule has 164 valence electrons. The summed E-state index contributed by atoms with van der Waals surface area (Å²) in [5.41, 5.74) is 4.00. The van der Waals surface area contributed by atoms with Crippen molar-refractivity contribution in [1.82, 2.24) is 0 Å². The van der Waals surface area contributed by atoms with Gasteiger partial charge in [-0.15, -0.1) is 0 Å². The monoisotopic (exact) mass is 412 g/mol. The zero-order valence-corrected chi connectivity index (χ0v) is 19.2. The van der Waals surface area contributed by atoms with Gasteiger partial charge in [-0.1, -0.05) is 52.0 Å². The molecule has 0 fully saturated rings. The van der Waals surface area contributed by atoms with Crippen molar-refractivity contribution in [3.05, 3.63) is 64.7 Å². The zero-order valence-electron chi connectivity index (χ0n) is 19.2. The quantitative estimate of drug-likeness (QED) is 0.537. The third-order valence-corrected chi connectivity index (χ3v) is 5.72. The number of methoxy groups -OCH3 is 1. The Bertz CT molecular complexity index is 818. The van der Waals surface area contributed by atoms with Gasteiger partial charge in [0.2, 0.25) is 0 Å². The van der Waals surface area contributed by atoms with Crippen molar-refractivity contribution in [2.75, 3.05) is 13.7 Å². The molecule has 2 aromatic rings. The molecule has 0 aliphatic heterocycles. The molecule has 2 aromatic carbocycles. The van der Waals surface area contributed by atoms with Gasteiger partial charge in [-0.3, -0.25) is 0 Å². The van der Waals surface area contributed by atoms with E-state index in [9.17, 15) is 9.90 Å². The topological polar surface area (TPSA) is 55.8 Å². The van der Waals surface area contributed by atoms with Crippen LogP contribution in [0.1, 0.15) is 73.5 Å². The van der Waals surface area contributed by atoms with E-state index in [0.29, 0.717) is 18.1 Å². The summed E-state index contributed by atoms with van der Waals surface area (Å²) in [7, 11) is 1.40. The molecule has 0 saturated heterocycles. The summed E-state index contributed by atoms with van der Waals surface area (Å²) < 4.78 is 10.6. The Morgan fingerprint density at radius 2 is 1.77 bits per heavy atom. The van der Waals surface area contributed by atoms with Gasteiger partial charge < -0.3 is 14.6 Å². The van der Waals surface area contributed by atoms with Gasteiger partial charge in [0.05, 0.1) is 18.8 Å². The minimum atomic E-state index is -0.509. The SMILES string of the molecule is CCC(CCc1ccc(C(=O)OC)cc1)c1ccc(OCC(O)C(C)(C)C)c(C)c1. The maximum absolute atomic E-state index is 11.6. The van der Waals surface area contributed by atoms with Gasteiger partial charge >= 0.3 is 5.97 Å². The predicted octanol–water partition coefficient (Wildman–Crippen LogP) is 5.69. The van der Waals surface area contributed by atoms with Crippen molar-refractivity contribution in [3.63, 3.8) is 0 Å². The molecule has 2 rings (SSSR count). The van der Waals surface area contributed by atoms with Gasteiger partial charge in [-0.25, -0.2) is 4.79 Å². The van der Waals surface area contributed by atoms with Crippen LogP contribution in [0.5, 0.6) is 5.75 Å². The molecule has 0 amide bonds. The van der Waals surface area contributed by atoms with Crippen LogP contribution in [0.4, 0.5) is 0 Å². The molecule has 4 heteroatoms. The lowest BCUT2D eigenvalue weighted by Crippen LogP contribution is -2.32. The van der Waals surface area contributed by atoms with Crippen LogP contribution in [-0.2, 0) is 11.2 Å². The number of aryl methyl sites for hydroxylation is 2. The second kappa shape index (κ2) is 10.6. The van der Waals surface area contributed by atoms with E-state index in [0.717, 1.165) is 30.6 Å². The molecule has 1 N–H and O–H groups in total. The highest BCUT2D eigenvalue weighted by molar-refractivity contribution is 5.89. The van der Waals surface area contributed by atoms with Crippen molar-refractivity contribution >= 4 is 5.97 Å². The number of benzene rings is 2. The first-order valence-corrected chi connectivity index (χ1v) is 10.7. The predicted molar refractivity (Wildman–Crippen MR) is 121 cm³/mol. The maximum Gasteiger partial charge on any atom is 0.337 e. The van der Waals surface area contributed by atoms with Gasteiger partial charge in [0.25, 0.3) is 0 Å². The lowest BCUT2D eigenvalue weighted by Gasteiger charge is -2.26. The van der Waals surface area contributed by atoms with Crippen molar-refractivity contribution in [1.29, 1.82) is 0 Å². The normalized spacial score (nSPS) is 13.6. The Morgan fingerprint density at radius 1 is 1.10 bits per heavy atom. The first-order valence-electron chi connectivity index (χ1n) is 10.7. The highest BCUT2D eigenvalue weighted by Crippen LogP contribution is 2.30. The van der Waals surface area contributed by atoms with Gasteiger partial charge in [0.1, 0.15) is 12.4 Å². The van der Waals surface area contributed by atoms with E-state index in [-0.39, 0.29) is 11.4 Å². The molecule has 0 aromatic heterocycles. The summed E-state index contributed by atoms with van der Waals surface area (Å²) in [6.45, 7) is 10.6. The van der Waals surface area contributed by atoms with Gasteiger partial charge in [0.15, 0.2) is 0 Å². The highest BCUT2D eigenvalue weighted by atomic mass is 16.5. The summed E-state index contributed by atoms with van der Waals surface area (Å²) in [5.74, 6) is 0.981. The van der Waals surface area contributed by atoms with Crippen molar-refractivity contribution in [2.45, 2.75) is 65.9 Å². The molecule has 0 aliphatic carbocycles.